The van der Waals surface area contributed by atoms with Crippen molar-refractivity contribution >= 4 is 17.9 Å². The van der Waals surface area contributed by atoms with Crippen LogP contribution in [0.5, 0.6) is 11.5 Å². The van der Waals surface area contributed by atoms with E-state index in [-0.39, 0.29) is 5.56 Å². The van der Waals surface area contributed by atoms with Gasteiger partial charge in [0.05, 0.1) is 31.2 Å². The van der Waals surface area contributed by atoms with E-state index in [1.807, 2.05) is 18.2 Å². The number of ether oxygens (including phenoxy) is 2. The molecule has 2 aromatic carbocycles. The summed E-state index contributed by atoms with van der Waals surface area (Å²) in [7, 11) is 1.61. The Balaban J connectivity index is 1.95. The summed E-state index contributed by atoms with van der Waals surface area (Å²) in [5.74, 6) is 0.429. The zero-order valence-corrected chi connectivity index (χ0v) is 15.1. The summed E-state index contributed by atoms with van der Waals surface area (Å²) >= 11 is 0. The van der Waals surface area contributed by atoms with Crippen molar-refractivity contribution in [1.82, 2.24) is 0 Å². The minimum Gasteiger partial charge on any atom is -0.493 e. The molecule has 0 unspecified atom stereocenters. The second kappa shape index (κ2) is 10.1. The first-order chi connectivity index (χ1) is 12.6. The van der Waals surface area contributed by atoms with Crippen LogP contribution in [0.1, 0.15) is 42.1 Å². The highest BCUT2D eigenvalue weighted by Crippen LogP contribution is 2.27. The molecule has 0 bridgehead atoms. The minimum absolute atomic E-state index is 0.235. The van der Waals surface area contributed by atoms with E-state index in [1.54, 1.807) is 25.5 Å². The van der Waals surface area contributed by atoms with Gasteiger partial charge in [-0.1, -0.05) is 19.8 Å². The number of nitrogens with zero attached hydrogens (tertiary/aromatic N) is 1. The van der Waals surface area contributed by atoms with E-state index in [2.05, 4.69) is 17.5 Å². The summed E-state index contributed by atoms with van der Waals surface area (Å²) in [6.45, 7) is 2.83. The maximum Gasteiger partial charge on any atom is 0.335 e. The average molecular weight is 356 g/mol. The molecule has 0 fully saturated rings. The Hall–Kier alpha value is -3.02. The summed E-state index contributed by atoms with van der Waals surface area (Å²) in [6.07, 6.45) is 4.98. The van der Waals surface area contributed by atoms with Gasteiger partial charge in [0.2, 0.25) is 0 Å². The lowest BCUT2D eigenvalue weighted by Crippen LogP contribution is -2.00. The highest BCUT2D eigenvalue weighted by molar-refractivity contribution is 5.88. The maximum absolute atomic E-state index is 10.8. The van der Waals surface area contributed by atoms with E-state index in [1.165, 1.54) is 12.1 Å². The third kappa shape index (κ3) is 5.81. The van der Waals surface area contributed by atoms with E-state index in [4.69, 9.17) is 14.6 Å². The van der Waals surface area contributed by atoms with Gasteiger partial charge in [0.1, 0.15) is 0 Å². The van der Waals surface area contributed by atoms with Crippen molar-refractivity contribution < 1.29 is 19.4 Å². The first-order valence-electron chi connectivity index (χ1n) is 8.57. The van der Waals surface area contributed by atoms with E-state index >= 15 is 0 Å². The van der Waals surface area contributed by atoms with Crippen molar-refractivity contribution in [2.45, 2.75) is 26.2 Å². The summed E-state index contributed by atoms with van der Waals surface area (Å²) in [5, 5.41) is 13.0. The number of carboxylic acid groups (broad SMARTS) is 1. The predicted molar refractivity (Wildman–Crippen MR) is 103 cm³/mol. The Morgan fingerprint density at radius 1 is 1.15 bits per heavy atom. The van der Waals surface area contributed by atoms with Crippen LogP contribution in [0.4, 0.5) is 5.69 Å². The lowest BCUT2D eigenvalue weighted by atomic mass is 10.2. The number of methoxy groups -OCH3 is 1. The molecule has 0 amide bonds. The molecule has 26 heavy (non-hydrogen) atoms. The number of rotatable bonds is 10. The first-order valence-corrected chi connectivity index (χ1v) is 8.57. The van der Waals surface area contributed by atoms with Crippen molar-refractivity contribution in [3.05, 3.63) is 53.6 Å². The molecule has 0 aliphatic carbocycles. The number of hydrogen-bond acceptors (Lipinski definition) is 5. The second-order valence-corrected chi connectivity index (χ2v) is 5.72. The molecule has 2 aromatic rings. The molecule has 0 spiro atoms. The lowest BCUT2D eigenvalue weighted by Gasteiger charge is -2.11. The molecule has 0 heterocycles. The fourth-order valence-corrected chi connectivity index (χ4v) is 2.29. The van der Waals surface area contributed by atoms with Gasteiger partial charge in [0, 0.05) is 0 Å². The summed E-state index contributed by atoms with van der Waals surface area (Å²) in [6, 6.07) is 12.0. The number of nitrogens with one attached hydrogen (secondary N) is 1. The molecular formula is C20H24N2O4. The zero-order chi connectivity index (χ0) is 18.8. The molecule has 2 rings (SSSR count). The van der Waals surface area contributed by atoms with Crippen LogP contribution in [-0.2, 0) is 0 Å². The quantitative estimate of drug-likeness (QED) is 0.374. The summed E-state index contributed by atoms with van der Waals surface area (Å²) in [4.78, 5) is 10.8. The summed E-state index contributed by atoms with van der Waals surface area (Å²) in [5.41, 5.74) is 4.66. The van der Waals surface area contributed by atoms with E-state index in [0.717, 1.165) is 30.6 Å². The van der Waals surface area contributed by atoms with Crippen LogP contribution in [0.3, 0.4) is 0 Å². The topological polar surface area (TPSA) is 80.2 Å². The Kier molecular flexibility index (Phi) is 7.49. The number of carboxylic acids is 1. The maximum atomic E-state index is 10.8. The van der Waals surface area contributed by atoms with Gasteiger partial charge in [-0.05, 0) is 54.4 Å². The number of aromatic carboxylic acids is 1. The minimum atomic E-state index is -0.954. The molecule has 0 aliphatic rings. The van der Waals surface area contributed by atoms with E-state index in [9.17, 15) is 4.79 Å². The Morgan fingerprint density at radius 2 is 1.92 bits per heavy atom. The van der Waals surface area contributed by atoms with Crippen LogP contribution in [0.15, 0.2) is 47.6 Å². The first kappa shape index (κ1) is 19.3. The van der Waals surface area contributed by atoms with E-state index in [0.29, 0.717) is 18.0 Å². The second-order valence-electron chi connectivity index (χ2n) is 5.72. The van der Waals surface area contributed by atoms with E-state index < -0.39 is 5.97 Å². The molecule has 0 aliphatic heterocycles. The normalized spacial score (nSPS) is 10.7. The van der Waals surface area contributed by atoms with Gasteiger partial charge in [-0.2, -0.15) is 5.10 Å². The zero-order valence-electron chi connectivity index (χ0n) is 15.1. The molecule has 0 saturated carbocycles. The van der Waals surface area contributed by atoms with Crippen LogP contribution >= 0.6 is 0 Å². The molecule has 0 atom stereocenters. The Morgan fingerprint density at radius 3 is 2.58 bits per heavy atom. The third-order valence-electron chi connectivity index (χ3n) is 3.73. The van der Waals surface area contributed by atoms with Gasteiger partial charge in [-0.3, -0.25) is 5.43 Å². The molecule has 0 aromatic heterocycles. The number of benzene rings is 2. The van der Waals surface area contributed by atoms with Gasteiger partial charge in [0.25, 0.3) is 0 Å². The van der Waals surface area contributed by atoms with Crippen LogP contribution < -0.4 is 14.9 Å². The smallest absolute Gasteiger partial charge is 0.335 e. The third-order valence-corrected chi connectivity index (χ3v) is 3.73. The molecule has 6 heteroatoms. The summed E-state index contributed by atoms with van der Waals surface area (Å²) < 4.78 is 11.1. The highest BCUT2D eigenvalue weighted by Gasteiger charge is 2.05. The van der Waals surface area contributed by atoms with Crippen molar-refractivity contribution in [3.8, 4) is 11.5 Å². The molecule has 0 saturated heterocycles. The lowest BCUT2D eigenvalue weighted by molar-refractivity contribution is 0.0697. The fraction of sp³-hybridized carbons (Fsp3) is 0.300. The molecular weight excluding hydrogens is 332 g/mol. The number of carbonyl (C=O) groups is 1. The average Bonchev–Trinajstić information content (AvgIpc) is 2.66. The standard InChI is InChI=1S/C20H24N2O4/c1-3-4-5-12-26-18-11-6-15(13-19(18)25-2)14-21-22-17-9-7-16(8-10-17)20(23)24/h6-11,13-14,22H,3-5,12H2,1-2H3,(H,23,24)/b21-14-. The van der Waals surface area contributed by atoms with Gasteiger partial charge in [-0.25, -0.2) is 4.79 Å². The number of anilines is 1. The van der Waals surface area contributed by atoms with Gasteiger partial charge >= 0.3 is 5.97 Å². The largest absolute Gasteiger partial charge is 0.493 e. The van der Waals surface area contributed by atoms with Crippen LogP contribution in [-0.4, -0.2) is 31.0 Å². The molecule has 138 valence electrons. The number of hydrazone groups is 1. The molecule has 6 nitrogen and oxygen atoms in total. The Bertz CT molecular complexity index is 742. The van der Waals surface area contributed by atoms with Crippen molar-refractivity contribution in [2.24, 2.45) is 5.10 Å². The Labute approximate surface area is 153 Å². The molecule has 2 N–H and O–H groups in total. The van der Waals surface area contributed by atoms with Crippen molar-refractivity contribution in [1.29, 1.82) is 0 Å². The fourth-order valence-electron chi connectivity index (χ4n) is 2.29. The number of hydrogen-bond donors (Lipinski definition) is 2. The van der Waals surface area contributed by atoms with Crippen molar-refractivity contribution in [3.63, 3.8) is 0 Å². The van der Waals surface area contributed by atoms with Gasteiger partial charge < -0.3 is 14.6 Å². The van der Waals surface area contributed by atoms with Crippen LogP contribution in [0.25, 0.3) is 0 Å². The van der Waals surface area contributed by atoms with Crippen LogP contribution in [0.2, 0.25) is 0 Å². The highest BCUT2D eigenvalue weighted by atomic mass is 16.5. The van der Waals surface area contributed by atoms with Gasteiger partial charge in [0.15, 0.2) is 11.5 Å². The number of unbranched alkanes of at least 4 members (excludes halogenated alkanes) is 2. The van der Waals surface area contributed by atoms with Gasteiger partial charge in [-0.15, -0.1) is 0 Å². The van der Waals surface area contributed by atoms with Crippen molar-refractivity contribution in [2.75, 3.05) is 19.1 Å². The molecule has 0 radical (unpaired) electrons. The predicted octanol–water partition coefficient (Wildman–Crippen LogP) is 4.41. The van der Waals surface area contributed by atoms with Crippen LogP contribution in [0, 0.1) is 0 Å². The monoisotopic (exact) mass is 356 g/mol. The SMILES string of the molecule is CCCCCOc1ccc(/C=N\Nc2ccc(C(=O)O)cc2)cc1OC.